The van der Waals surface area contributed by atoms with E-state index in [-0.39, 0.29) is 17.9 Å². The maximum absolute atomic E-state index is 12.9. The van der Waals surface area contributed by atoms with Gasteiger partial charge in [-0.15, -0.1) is 0 Å². The van der Waals surface area contributed by atoms with Gasteiger partial charge in [-0.2, -0.15) is 5.10 Å². The van der Waals surface area contributed by atoms with E-state index in [9.17, 15) is 9.59 Å². The average molecular weight is 318 g/mol. The highest BCUT2D eigenvalue weighted by atomic mass is 16.5. The number of H-pyrrole nitrogens is 1. The molecule has 1 unspecified atom stereocenters. The Morgan fingerprint density at radius 1 is 1.26 bits per heavy atom. The average Bonchev–Trinajstić information content (AvgIpc) is 3.22. The Labute approximate surface area is 135 Å². The number of carbonyl (C=O) groups is 2. The van der Waals surface area contributed by atoms with Gasteiger partial charge >= 0.3 is 0 Å². The third-order valence-corrected chi connectivity index (χ3v) is 5.31. The van der Waals surface area contributed by atoms with Crippen LogP contribution in [0, 0.1) is 0 Å². The van der Waals surface area contributed by atoms with Crippen molar-refractivity contribution in [3.05, 3.63) is 17.5 Å². The molecule has 0 aromatic carbocycles. The van der Waals surface area contributed by atoms with Crippen LogP contribution >= 0.6 is 0 Å². The predicted molar refractivity (Wildman–Crippen MR) is 82.0 cm³/mol. The van der Waals surface area contributed by atoms with E-state index in [0.29, 0.717) is 37.5 Å². The molecule has 4 rings (SSSR count). The zero-order valence-electron chi connectivity index (χ0n) is 13.2. The molecule has 1 aromatic heterocycles. The van der Waals surface area contributed by atoms with Crippen LogP contribution in [0.15, 0.2) is 6.20 Å². The summed E-state index contributed by atoms with van der Waals surface area (Å²) in [6, 6.07) is 0.193. The molecule has 1 atom stereocenters. The molecule has 0 saturated carbocycles. The van der Waals surface area contributed by atoms with Gasteiger partial charge in [0.15, 0.2) is 0 Å². The van der Waals surface area contributed by atoms with Gasteiger partial charge in [0.1, 0.15) is 0 Å². The highest BCUT2D eigenvalue weighted by Gasteiger charge is 2.38. The van der Waals surface area contributed by atoms with Crippen molar-refractivity contribution in [3.8, 4) is 0 Å². The molecule has 3 aliphatic rings. The van der Waals surface area contributed by atoms with Gasteiger partial charge in [0, 0.05) is 51.2 Å². The molecule has 7 heteroatoms. The van der Waals surface area contributed by atoms with Crippen LogP contribution in [0.5, 0.6) is 0 Å². The van der Waals surface area contributed by atoms with E-state index in [0.717, 1.165) is 38.2 Å². The Bertz CT molecular complexity index is 608. The van der Waals surface area contributed by atoms with Crippen molar-refractivity contribution in [2.75, 3.05) is 32.8 Å². The van der Waals surface area contributed by atoms with Crippen LogP contribution in [0.25, 0.3) is 0 Å². The summed E-state index contributed by atoms with van der Waals surface area (Å²) in [5.74, 6) is 0.590. The maximum atomic E-state index is 12.9. The maximum Gasteiger partial charge on any atom is 0.257 e. The first-order valence-electron chi connectivity index (χ1n) is 8.44. The molecule has 3 aliphatic heterocycles. The first-order valence-corrected chi connectivity index (χ1v) is 8.44. The van der Waals surface area contributed by atoms with E-state index in [4.69, 9.17) is 4.74 Å². The van der Waals surface area contributed by atoms with Gasteiger partial charge in [0.2, 0.25) is 5.91 Å². The second-order valence-corrected chi connectivity index (χ2v) is 6.61. The molecule has 0 spiro atoms. The quantitative estimate of drug-likeness (QED) is 0.873. The summed E-state index contributed by atoms with van der Waals surface area (Å²) in [5, 5.41) is 7.15. The zero-order chi connectivity index (χ0) is 15.8. The number of aromatic nitrogens is 2. The van der Waals surface area contributed by atoms with E-state index in [1.165, 1.54) is 0 Å². The molecule has 23 heavy (non-hydrogen) atoms. The van der Waals surface area contributed by atoms with E-state index >= 15 is 0 Å². The van der Waals surface area contributed by atoms with Crippen LogP contribution in [0.4, 0.5) is 0 Å². The lowest BCUT2D eigenvalue weighted by molar-refractivity contribution is -0.130. The van der Waals surface area contributed by atoms with E-state index in [1.54, 1.807) is 6.20 Å². The highest BCUT2D eigenvalue weighted by molar-refractivity contribution is 5.95. The minimum Gasteiger partial charge on any atom is -0.381 e. The summed E-state index contributed by atoms with van der Waals surface area (Å²) < 4.78 is 5.40. The normalized spacial score (nSPS) is 25.7. The number of fused-ring (bicyclic) bond motifs is 1. The Kier molecular flexibility index (Phi) is 3.80. The van der Waals surface area contributed by atoms with Crippen LogP contribution in [0.2, 0.25) is 0 Å². The number of aromatic amines is 1. The van der Waals surface area contributed by atoms with Crippen LogP contribution in [0.1, 0.15) is 47.7 Å². The van der Waals surface area contributed by atoms with Crippen LogP contribution in [-0.2, 0) is 9.53 Å². The molecule has 124 valence electrons. The number of carbonyl (C=O) groups excluding carboxylic acids is 2. The van der Waals surface area contributed by atoms with Gasteiger partial charge in [0.05, 0.1) is 17.5 Å². The number of ether oxygens (including phenoxy) is 1. The Hall–Kier alpha value is -1.89. The molecular weight excluding hydrogens is 296 g/mol. The van der Waals surface area contributed by atoms with Gasteiger partial charge in [-0.3, -0.25) is 14.7 Å². The number of nitrogens with zero attached hydrogens (tertiary/aromatic N) is 3. The standard InChI is InChI=1S/C16H22N4O3/c21-14-2-1-12-10-19(5-6-20(12)14)16(22)13-9-17-18-15(13)11-3-7-23-8-4-11/h9,11-12H,1-8,10H2,(H,17,18). The number of amides is 2. The van der Waals surface area contributed by atoms with Gasteiger partial charge < -0.3 is 14.5 Å². The second-order valence-electron chi connectivity index (χ2n) is 6.61. The van der Waals surface area contributed by atoms with Crippen molar-refractivity contribution in [2.24, 2.45) is 0 Å². The van der Waals surface area contributed by atoms with Crippen LogP contribution < -0.4 is 0 Å². The third-order valence-electron chi connectivity index (χ3n) is 5.31. The fraction of sp³-hybridized carbons (Fsp3) is 0.688. The first kappa shape index (κ1) is 14.7. The van der Waals surface area contributed by atoms with Crippen molar-refractivity contribution in [3.63, 3.8) is 0 Å². The van der Waals surface area contributed by atoms with E-state index < -0.39 is 0 Å². The van der Waals surface area contributed by atoms with Gasteiger partial charge in [-0.25, -0.2) is 0 Å². The lowest BCUT2D eigenvalue weighted by Crippen LogP contribution is -2.53. The minimum atomic E-state index is 0.0410. The number of hydrogen-bond acceptors (Lipinski definition) is 4. The smallest absolute Gasteiger partial charge is 0.257 e. The third kappa shape index (κ3) is 2.63. The minimum absolute atomic E-state index is 0.0410. The molecule has 1 aromatic rings. The number of piperazine rings is 1. The Morgan fingerprint density at radius 3 is 2.91 bits per heavy atom. The molecule has 0 bridgehead atoms. The Balaban J connectivity index is 1.49. The molecular formula is C16H22N4O3. The predicted octanol–water partition coefficient (Wildman–Crippen LogP) is 0.750. The first-order chi connectivity index (χ1) is 11.2. The van der Waals surface area contributed by atoms with Crippen LogP contribution in [-0.4, -0.2) is 70.7 Å². The molecule has 7 nitrogen and oxygen atoms in total. The Morgan fingerprint density at radius 2 is 2.09 bits per heavy atom. The summed E-state index contributed by atoms with van der Waals surface area (Å²) in [6.07, 6.45) is 4.98. The number of rotatable bonds is 2. The lowest BCUT2D eigenvalue weighted by atomic mass is 9.93. The van der Waals surface area contributed by atoms with E-state index in [2.05, 4.69) is 10.2 Å². The summed E-state index contributed by atoms with van der Waals surface area (Å²) in [5.41, 5.74) is 1.64. The number of nitrogens with one attached hydrogen (secondary N) is 1. The highest BCUT2D eigenvalue weighted by Crippen LogP contribution is 2.29. The molecule has 0 radical (unpaired) electrons. The summed E-state index contributed by atoms with van der Waals surface area (Å²) in [7, 11) is 0. The van der Waals surface area contributed by atoms with Crippen molar-refractivity contribution >= 4 is 11.8 Å². The van der Waals surface area contributed by atoms with Gasteiger partial charge in [-0.1, -0.05) is 0 Å². The monoisotopic (exact) mass is 318 g/mol. The molecule has 4 heterocycles. The van der Waals surface area contributed by atoms with Gasteiger partial charge in [0.25, 0.3) is 5.91 Å². The van der Waals surface area contributed by atoms with Crippen molar-refractivity contribution in [1.82, 2.24) is 20.0 Å². The van der Waals surface area contributed by atoms with Crippen LogP contribution in [0.3, 0.4) is 0 Å². The fourth-order valence-electron chi connectivity index (χ4n) is 3.98. The molecule has 2 amide bonds. The van der Waals surface area contributed by atoms with Gasteiger partial charge in [-0.05, 0) is 19.3 Å². The summed E-state index contributed by atoms with van der Waals surface area (Å²) >= 11 is 0. The van der Waals surface area contributed by atoms with Crippen molar-refractivity contribution in [2.45, 2.75) is 37.6 Å². The molecule has 3 saturated heterocycles. The zero-order valence-corrected chi connectivity index (χ0v) is 13.2. The number of hydrogen-bond donors (Lipinski definition) is 1. The largest absolute Gasteiger partial charge is 0.381 e. The summed E-state index contributed by atoms with van der Waals surface area (Å²) in [4.78, 5) is 28.5. The molecule has 0 aliphatic carbocycles. The van der Waals surface area contributed by atoms with Crippen molar-refractivity contribution < 1.29 is 14.3 Å². The molecule has 3 fully saturated rings. The summed E-state index contributed by atoms with van der Waals surface area (Å²) in [6.45, 7) is 3.38. The van der Waals surface area contributed by atoms with Crippen molar-refractivity contribution in [1.29, 1.82) is 0 Å². The molecule has 1 N–H and O–H groups in total. The fourth-order valence-corrected chi connectivity index (χ4v) is 3.98. The lowest BCUT2D eigenvalue weighted by Gasteiger charge is -2.37. The SMILES string of the molecule is O=C(c1cn[nH]c1C1CCOCC1)N1CCN2C(=O)CCC2C1. The topological polar surface area (TPSA) is 78.5 Å². The van der Waals surface area contributed by atoms with E-state index in [1.807, 2.05) is 9.80 Å². The second kappa shape index (κ2) is 5.96.